The van der Waals surface area contributed by atoms with Gasteiger partial charge in [0, 0.05) is 12.3 Å². The lowest BCUT2D eigenvalue weighted by Crippen LogP contribution is -2.00. The first kappa shape index (κ1) is 18.8. The van der Waals surface area contributed by atoms with Gasteiger partial charge in [-0.05, 0) is 34.9 Å². The van der Waals surface area contributed by atoms with Crippen LogP contribution < -0.4 is 0 Å². The molecule has 6 heteroatoms. The Labute approximate surface area is 173 Å². The number of nitriles is 1. The number of nitrogens with zero attached hydrogens (tertiary/aromatic N) is 4. The quantitative estimate of drug-likeness (QED) is 0.301. The molecular formula is C23H18N4OS. The van der Waals surface area contributed by atoms with E-state index in [2.05, 4.69) is 47.1 Å². The van der Waals surface area contributed by atoms with Gasteiger partial charge in [0.05, 0.1) is 17.9 Å². The highest BCUT2D eigenvalue weighted by atomic mass is 32.2. The van der Waals surface area contributed by atoms with Gasteiger partial charge in [0.15, 0.2) is 10.9 Å². The second-order valence-corrected chi connectivity index (χ2v) is 7.27. The third-order valence-corrected chi connectivity index (χ3v) is 5.49. The summed E-state index contributed by atoms with van der Waals surface area (Å²) in [5.74, 6) is 2.14. The van der Waals surface area contributed by atoms with E-state index in [1.165, 1.54) is 5.56 Å². The summed E-state index contributed by atoms with van der Waals surface area (Å²) in [7, 11) is 0. The third-order valence-electron chi connectivity index (χ3n) is 4.45. The Balaban J connectivity index is 1.51. The highest BCUT2D eigenvalue weighted by Gasteiger charge is 2.15. The van der Waals surface area contributed by atoms with Gasteiger partial charge in [-0.15, -0.1) is 16.8 Å². The maximum atomic E-state index is 9.30. The number of allylic oxidation sites excluding steroid dienone is 1. The second kappa shape index (κ2) is 8.63. The molecule has 0 N–H and O–H groups in total. The average molecular weight is 398 g/mol. The highest BCUT2D eigenvalue weighted by Crippen LogP contribution is 2.28. The van der Waals surface area contributed by atoms with Gasteiger partial charge in [0.2, 0.25) is 5.82 Å². The Morgan fingerprint density at radius 1 is 1.07 bits per heavy atom. The van der Waals surface area contributed by atoms with Crippen molar-refractivity contribution >= 4 is 11.8 Å². The normalized spacial score (nSPS) is 10.6. The predicted molar refractivity (Wildman–Crippen MR) is 114 cm³/mol. The summed E-state index contributed by atoms with van der Waals surface area (Å²) >= 11 is 1.62. The van der Waals surface area contributed by atoms with Crippen molar-refractivity contribution in [1.82, 2.24) is 14.8 Å². The molecule has 4 aromatic rings. The van der Waals surface area contributed by atoms with Crippen molar-refractivity contribution < 1.29 is 4.42 Å². The lowest BCUT2D eigenvalue weighted by Gasteiger charge is -2.08. The second-order valence-electron chi connectivity index (χ2n) is 6.33. The Bertz CT molecular complexity index is 1150. The lowest BCUT2D eigenvalue weighted by atomic mass is 10.00. The molecule has 2 aromatic carbocycles. The van der Waals surface area contributed by atoms with E-state index in [1.807, 2.05) is 47.0 Å². The molecular weight excluding hydrogens is 380 g/mol. The Morgan fingerprint density at radius 3 is 2.62 bits per heavy atom. The van der Waals surface area contributed by atoms with Gasteiger partial charge in [-0.1, -0.05) is 60.3 Å². The van der Waals surface area contributed by atoms with Crippen molar-refractivity contribution in [3.05, 3.63) is 90.7 Å². The van der Waals surface area contributed by atoms with Crippen LogP contribution in [-0.2, 0) is 12.3 Å². The van der Waals surface area contributed by atoms with Crippen LogP contribution in [0.5, 0.6) is 0 Å². The van der Waals surface area contributed by atoms with E-state index < -0.39 is 0 Å². The standard InChI is InChI=1S/C23H18N4OS/c1-2-13-27-22(21-8-5-14-28-21)25-26-23(27)29-16-17-9-11-18(12-10-17)20-7-4-3-6-19(20)15-24/h2-12,14H,1,13,16H2. The summed E-state index contributed by atoms with van der Waals surface area (Å²) in [5.41, 5.74) is 3.83. The van der Waals surface area contributed by atoms with Crippen molar-refractivity contribution in [3.8, 4) is 28.8 Å². The van der Waals surface area contributed by atoms with Crippen molar-refractivity contribution in [3.63, 3.8) is 0 Å². The lowest BCUT2D eigenvalue weighted by molar-refractivity contribution is 0.569. The van der Waals surface area contributed by atoms with Crippen LogP contribution in [-0.4, -0.2) is 14.8 Å². The number of rotatable bonds is 7. The molecule has 29 heavy (non-hydrogen) atoms. The molecule has 0 saturated heterocycles. The van der Waals surface area contributed by atoms with Crippen molar-refractivity contribution in [2.75, 3.05) is 0 Å². The molecule has 0 radical (unpaired) electrons. The molecule has 0 aliphatic heterocycles. The van der Waals surface area contributed by atoms with Crippen molar-refractivity contribution in [1.29, 1.82) is 5.26 Å². The SMILES string of the molecule is C=CCn1c(SCc2ccc(-c3ccccc3C#N)cc2)nnc1-c1ccco1. The molecule has 0 atom stereocenters. The number of furan rings is 1. The van der Waals surface area contributed by atoms with Crippen molar-refractivity contribution in [2.45, 2.75) is 17.5 Å². The van der Waals surface area contributed by atoms with E-state index in [0.717, 1.165) is 22.0 Å². The Morgan fingerprint density at radius 2 is 1.90 bits per heavy atom. The molecule has 2 aromatic heterocycles. The zero-order chi connectivity index (χ0) is 20.1. The Hall–Kier alpha value is -3.56. The van der Waals surface area contributed by atoms with Crippen LogP contribution in [0.15, 0.2) is 89.2 Å². The topological polar surface area (TPSA) is 67.6 Å². The maximum Gasteiger partial charge on any atom is 0.200 e. The first-order valence-electron chi connectivity index (χ1n) is 9.09. The number of hydrogen-bond acceptors (Lipinski definition) is 5. The van der Waals surface area contributed by atoms with Gasteiger partial charge in [-0.25, -0.2) is 0 Å². The summed E-state index contributed by atoms with van der Waals surface area (Å²) in [5, 5.41) is 18.7. The van der Waals surface area contributed by atoms with Gasteiger partial charge >= 0.3 is 0 Å². The van der Waals surface area contributed by atoms with Gasteiger partial charge in [0.25, 0.3) is 0 Å². The summed E-state index contributed by atoms with van der Waals surface area (Å²) in [6.07, 6.45) is 3.45. The van der Waals surface area contributed by atoms with Crippen LogP contribution in [0.2, 0.25) is 0 Å². The molecule has 0 saturated carbocycles. The molecule has 0 amide bonds. The zero-order valence-electron chi connectivity index (χ0n) is 15.7. The monoisotopic (exact) mass is 398 g/mol. The van der Waals surface area contributed by atoms with E-state index in [4.69, 9.17) is 4.42 Å². The molecule has 0 fully saturated rings. The summed E-state index contributed by atoms with van der Waals surface area (Å²) in [6, 6.07) is 21.8. The number of benzene rings is 2. The van der Waals surface area contributed by atoms with E-state index in [0.29, 0.717) is 23.7 Å². The summed E-state index contributed by atoms with van der Waals surface area (Å²) < 4.78 is 7.46. The molecule has 0 aliphatic rings. The minimum absolute atomic E-state index is 0.606. The number of aromatic nitrogens is 3. The van der Waals surface area contributed by atoms with Gasteiger partial charge in [0.1, 0.15) is 0 Å². The molecule has 0 spiro atoms. The minimum atomic E-state index is 0.606. The van der Waals surface area contributed by atoms with Gasteiger partial charge in [-0.3, -0.25) is 4.57 Å². The van der Waals surface area contributed by atoms with Crippen LogP contribution in [0.1, 0.15) is 11.1 Å². The average Bonchev–Trinajstić information content (AvgIpc) is 3.43. The number of hydrogen-bond donors (Lipinski definition) is 0. The van der Waals surface area contributed by atoms with E-state index in [-0.39, 0.29) is 0 Å². The Kier molecular flexibility index (Phi) is 5.59. The fraction of sp³-hybridized carbons (Fsp3) is 0.0870. The summed E-state index contributed by atoms with van der Waals surface area (Å²) in [4.78, 5) is 0. The third kappa shape index (κ3) is 4.00. The smallest absolute Gasteiger partial charge is 0.200 e. The molecule has 4 rings (SSSR count). The van der Waals surface area contributed by atoms with Crippen molar-refractivity contribution in [2.24, 2.45) is 0 Å². The minimum Gasteiger partial charge on any atom is -0.461 e. The molecule has 0 unspecified atom stereocenters. The van der Waals surface area contributed by atoms with Crippen LogP contribution in [0.3, 0.4) is 0 Å². The predicted octanol–water partition coefficient (Wildman–Crippen LogP) is 5.56. The van der Waals surface area contributed by atoms with E-state index >= 15 is 0 Å². The first-order chi connectivity index (χ1) is 14.3. The molecule has 5 nitrogen and oxygen atoms in total. The molecule has 142 valence electrons. The molecule has 0 bridgehead atoms. The fourth-order valence-corrected chi connectivity index (χ4v) is 3.94. The van der Waals surface area contributed by atoms with Crippen LogP contribution in [0.4, 0.5) is 0 Å². The molecule has 2 heterocycles. The zero-order valence-corrected chi connectivity index (χ0v) is 16.5. The molecule has 0 aliphatic carbocycles. The van der Waals surface area contributed by atoms with Crippen LogP contribution in [0.25, 0.3) is 22.7 Å². The van der Waals surface area contributed by atoms with Crippen LogP contribution in [0, 0.1) is 11.3 Å². The first-order valence-corrected chi connectivity index (χ1v) is 10.1. The van der Waals surface area contributed by atoms with Gasteiger partial charge in [-0.2, -0.15) is 5.26 Å². The largest absolute Gasteiger partial charge is 0.461 e. The highest BCUT2D eigenvalue weighted by molar-refractivity contribution is 7.98. The van der Waals surface area contributed by atoms with E-state index in [1.54, 1.807) is 18.0 Å². The fourth-order valence-electron chi connectivity index (χ4n) is 3.04. The number of thioether (sulfide) groups is 1. The van der Waals surface area contributed by atoms with Crippen LogP contribution >= 0.6 is 11.8 Å². The summed E-state index contributed by atoms with van der Waals surface area (Å²) in [6.45, 7) is 4.44. The van der Waals surface area contributed by atoms with E-state index in [9.17, 15) is 5.26 Å². The maximum absolute atomic E-state index is 9.30. The van der Waals surface area contributed by atoms with Gasteiger partial charge < -0.3 is 4.42 Å².